The van der Waals surface area contributed by atoms with E-state index in [-0.39, 0.29) is 18.1 Å². The van der Waals surface area contributed by atoms with E-state index in [1.54, 1.807) is 0 Å². The molecule has 20 heavy (non-hydrogen) atoms. The van der Waals surface area contributed by atoms with Crippen LogP contribution >= 0.6 is 0 Å². The zero-order chi connectivity index (χ0) is 14.5. The highest BCUT2D eigenvalue weighted by Gasteiger charge is 2.26. The lowest BCUT2D eigenvalue weighted by atomic mass is 9.98. The number of rotatable bonds is 5. The summed E-state index contributed by atoms with van der Waals surface area (Å²) in [5.41, 5.74) is -0.137. The second-order valence-electron chi connectivity index (χ2n) is 5.13. The lowest BCUT2D eigenvalue weighted by molar-refractivity contribution is -0.135. The third-order valence-corrected chi connectivity index (χ3v) is 3.62. The lowest BCUT2D eigenvalue weighted by Gasteiger charge is -2.35. The molecule has 1 atom stereocenters. The molecule has 0 aromatic carbocycles. The standard InChI is InChI=1S/C13H20N4O3/c1-2-5-10-6-3-4-7-17(10)12(18)9-16-8-11(13(19)20)14-15-16/h8,10H,2-7,9H2,1H3,(H,19,20). The molecule has 2 rings (SSSR count). The summed E-state index contributed by atoms with van der Waals surface area (Å²) < 4.78 is 1.30. The number of aromatic carboxylic acids is 1. The summed E-state index contributed by atoms with van der Waals surface area (Å²) >= 11 is 0. The van der Waals surface area contributed by atoms with Crippen molar-refractivity contribution >= 4 is 11.9 Å². The first-order valence-electron chi connectivity index (χ1n) is 7.04. The minimum Gasteiger partial charge on any atom is -0.476 e. The number of amides is 1. The number of carboxylic acid groups (broad SMARTS) is 1. The molecule has 1 unspecified atom stereocenters. The fourth-order valence-electron chi connectivity index (χ4n) is 2.67. The highest BCUT2D eigenvalue weighted by molar-refractivity contribution is 5.84. The Morgan fingerprint density at radius 2 is 2.25 bits per heavy atom. The van der Waals surface area contributed by atoms with Crippen molar-refractivity contribution in [2.24, 2.45) is 0 Å². The number of hydrogen-bond acceptors (Lipinski definition) is 4. The number of carbonyl (C=O) groups is 2. The van der Waals surface area contributed by atoms with E-state index in [0.29, 0.717) is 6.04 Å². The maximum absolute atomic E-state index is 12.3. The zero-order valence-corrected chi connectivity index (χ0v) is 11.7. The van der Waals surface area contributed by atoms with Crippen LogP contribution in [0.15, 0.2) is 6.20 Å². The Hall–Kier alpha value is -1.92. The molecule has 110 valence electrons. The Morgan fingerprint density at radius 3 is 2.90 bits per heavy atom. The van der Waals surface area contributed by atoms with Crippen molar-refractivity contribution < 1.29 is 14.7 Å². The molecule has 0 radical (unpaired) electrons. The highest BCUT2D eigenvalue weighted by Crippen LogP contribution is 2.21. The van der Waals surface area contributed by atoms with Crippen LogP contribution in [0, 0.1) is 0 Å². The van der Waals surface area contributed by atoms with E-state index in [0.717, 1.165) is 32.2 Å². The quantitative estimate of drug-likeness (QED) is 0.874. The van der Waals surface area contributed by atoms with E-state index >= 15 is 0 Å². The number of aromatic nitrogens is 3. The van der Waals surface area contributed by atoms with Gasteiger partial charge in [-0.25, -0.2) is 9.48 Å². The smallest absolute Gasteiger partial charge is 0.358 e. The van der Waals surface area contributed by atoms with Gasteiger partial charge in [-0.1, -0.05) is 18.6 Å². The third kappa shape index (κ3) is 3.34. The molecule has 1 fully saturated rings. The Kier molecular flexibility index (Phi) is 4.70. The Bertz CT molecular complexity index is 484. The Labute approximate surface area is 117 Å². The van der Waals surface area contributed by atoms with E-state index in [1.165, 1.54) is 17.3 Å². The number of likely N-dealkylation sites (tertiary alicyclic amines) is 1. The van der Waals surface area contributed by atoms with Crippen LogP contribution in [0.2, 0.25) is 0 Å². The van der Waals surface area contributed by atoms with Gasteiger partial charge in [0.25, 0.3) is 0 Å². The van der Waals surface area contributed by atoms with Crippen LogP contribution in [0.25, 0.3) is 0 Å². The molecule has 1 N–H and O–H groups in total. The van der Waals surface area contributed by atoms with E-state index in [4.69, 9.17) is 5.11 Å². The van der Waals surface area contributed by atoms with Crippen LogP contribution in [0.3, 0.4) is 0 Å². The molecule has 1 saturated heterocycles. The predicted molar refractivity (Wildman–Crippen MR) is 71.2 cm³/mol. The molecular formula is C13H20N4O3. The summed E-state index contributed by atoms with van der Waals surface area (Å²) in [6.45, 7) is 2.96. The van der Waals surface area contributed by atoms with Crippen molar-refractivity contribution in [3.8, 4) is 0 Å². The van der Waals surface area contributed by atoms with Gasteiger partial charge >= 0.3 is 5.97 Å². The van der Waals surface area contributed by atoms with Crippen LogP contribution in [0.1, 0.15) is 49.5 Å². The molecule has 0 saturated carbocycles. The molecule has 0 bridgehead atoms. The number of hydrogen-bond donors (Lipinski definition) is 1. The van der Waals surface area contributed by atoms with Crippen LogP contribution in [0.4, 0.5) is 0 Å². The molecule has 2 heterocycles. The average molecular weight is 280 g/mol. The van der Waals surface area contributed by atoms with Crippen molar-refractivity contribution in [2.45, 2.75) is 51.6 Å². The van der Waals surface area contributed by atoms with Crippen LogP contribution in [-0.4, -0.2) is 49.5 Å². The molecule has 0 spiro atoms. The summed E-state index contributed by atoms with van der Waals surface area (Å²) in [6.07, 6.45) is 6.62. The molecule has 1 aliphatic heterocycles. The van der Waals surface area contributed by atoms with Gasteiger partial charge in [0.05, 0.1) is 6.20 Å². The Morgan fingerprint density at radius 1 is 1.45 bits per heavy atom. The molecular weight excluding hydrogens is 260 g/mol. The highest BCUT2D eigenvalue weighted by atomic mass is 16.4. The molecule has 1 amide bonds. The van der Waals surface area contributed by atoms with Crippen molar-refractivity contribution in [1.29, 1.82) is 0 Å². The summed E-state index contributed by atoms with van der Waals surface area (Å²) in [7, 11) is 0. The third-order valence-electron chi connectivity index (χ3n) is 3.62. The minimum absolute atomic E-state index is 0.00927. The van der Waals surface area contributed by atoms with Crippen molar-refractivity contribution in [1.82, 2.24) is 19.9 Å². The normalized spacial score (nSPS) is 19.1. The minimum atomic E-state index is -1.13. The summed E-state index contributed by atoms with van der Waals surface area (Å²) in [6, 6.07) is 0.309. The van der Waals surface area contributed by atoms with Gasteiger partial charge in [-0.05, 0) is 25.7 Å². The fourth-order valence-corrected chi connectivity index (χ4v) is 2.67. The predicted octanol–water partition coefficient (Wildman–Crippen LogP) is 1.16. The molecule has 0 aliphatic carbocycles. The van der Waals surface area contributed by atoms with Crippen molar-refractivity contribution in [3.63, 3.8) is 0 Å². The van der Waals surface area contributed by atoms with Gasteiger partial charge in [-0.15, -0.1) is 5.10 Å². The van der Waals surface area contributed by atoms with Crippen LogP contribution in [-0.2, 0) is 11.3 Å². The first kappa shape index (κ1) is 14.5. The summed E-state index contributed by atoms with van der Waals surface area (Å²) in [5, 5.41) is 16.0. The first-order valence-corrected chi connectivity index (χ1v) is 7.04. The summed E-state index contributed by atoms with van der Waals surface area (Å²) in [5.74, 6) is -1.14. The largest absolute Gasteiger partial charge is 0.476 e. The Balaban J connectivity index is 2.00. The first-order chi connectivity index (χ1) is 9.61. The summed E-state index contributed by atoms with van der Waals surface area (Å²) in [4.78, 5) is 25.0. The number of carbonyl (C=O) groups excluding carboxylic acids is 1. The average Bonchev–Trinajstić information content (AvgIpc) is 2.88. The maximum Gasteiger partial charge on any atom is 0.358 e. The number of carboxylic acids is 1. The topological polar surface area (TPSA) is 88.3 Å². The molecule has 1 aromatic rings. The molecule has 7 nitrogen and oxygen atoms in total. The lowest BCUT2D eigenvalue weighted by Crippen LogP contribution is -2.45. The maximum atomic E-state index is 12.3. The SMILES string of the molecule is CCCC1CCCCN1C(=O)Cn1cc(C(=O)O)nn1. The van der Waals surface area contributed by atoms with Gasteiger partial charge in [-0.3, -0.25) is 4.79 Å². The van der Waals surface area contributed by atoms with Gasteiger partial charge in [0.15, 0.2) is 5.69 Å². The fraction of sp³-hybridized carbons (Fsp3) is 0.692. The number of piperidine rings is 1. The van der Waals surface area contributed by atoms with E-state index < -0.39 is 5.97 Å². The van der Waals surface area contributed by atoms with Crippen molar-refractivity contribution in [2.75, 3.05) is 6.54 Å². The van der Waals surface area contributed by atoms with Gasteiger partial charge < -0.3 is 10.0 Å². The van der Waals surface area contributed by atoms with Crippen molar-refractivity contribution in [3.05, 3.63) is 11.9 Å². The molecule has 1 aromatic heterocycles. The van der Waals surface area contributed by atoms with Gasteiger partial charge in [0, 0.05) is 12.6 Å². The zero-order valence-electron chi connectivity index (χ0n) is 11.7. The van der Waals surface area contributed by atoms with E-state index in [2.05, 4.69) is 17.2 Å². The number of nitrogens with zero attached hydrogens (tertiary/aromatic N) is 4. The van der Waals surface area contributed by atoms with E-state index in [9.17, 15) is 9.59 Å². The second-order valence-corrected chi connectivity index (χ2v) is 5.13. The molecule has 1 aliphatic rings. The van der Waals surface area contributed by atoms with E-state index in [1.807, 2.05) is 4.90 Å². The van der Waals surface area contributed by atoms with Gasteiger partial charge in [0.1, 0.15) is 6.54 Å². The second kappa shape index (κ2) is 6.49. The van der Waals surface area contributed by atoms with Gasteiger partial charge in [0.2, 0.25) is 5.91 Å². The van der Waals surface area contributed by atoms with Crippen LogP contribution in [0.5, 0.6) is 0 Å². The molecule has 7 heteroatoms. The monoisotopic (exact) mass is 280 g/mol. The van der Waals surface area contributed by atoms with Crippen LogP contribution < -0.4 is 0 Å². The van der Waals surface area contributed by atoms with Gasteiger partial charge in [-0.2, -0.15) is 0 Å².